The SMILES string of the molecule is C[C@]1(CO)OC[C@@](O)(c2ccc3c(N)ncnn23)[C@@H]1O. The van der Waals surface area contributed by atoms with E-state index in [0.717, 1.165) is 0 Å². The zero-order valence-electron chi connectivity index (χ0n) is 10.9. The van der Waals surface area contributed by atoms with Crippen LogP contribution in [0.25, 0.3) is 5.52 Å². The maximum atomic E-state index is 10.8. The van der Waals surface area contributed by atoms with Crippen LogP contribution in [0.5, 0.6) is 0 Å². The number of nitrogens with zero attached hydrogens (tertiary/aromatic N) is 3. The number of anilines is 1. The van der Waals surface area contributed by atoms with Gasteiger partial charge in [-0.25, -0.2) is 9.50 Å². The van der Waals surface area contributed by atoms with Crippen molar-refractivity contribution in [2.45, 2.75) is 24.2 Å². The Morgan fingerprint density at radius 2 is 2.30 bits per heavy atom. The summed E-state index contributed by atoms with van der Waals surface area (Å²) in [5.41, 5.74) is 3.71. The van der Waals surface area contributed by atoms with Gasteiger partial charge in [-0.15, -0.1) is 0 Å². The lowest BCUT2D eigenvalue weighted by atomic mass is 9.86. The van der Waals surface area contributed by atoms with Gasteiger partial charge in [0.05, 0.1) is 18.9 Å². The van der Waals surface area contributed by atoms with Gasteiger partial charge in [0.15, 0.2) is 11.4 Å². The third-order valence-electron chi connectivity index (χ3n) is 3.89. The van der Waals surface area contributed by atoms with Gasteiger partial charge >= 0.3 is 0 Å². The number of hydrogen-bond acceptors (Lipinski definition) is 7. The molecule has 0 saturated carbocycles. The summed E-state index contributed by atoms with van der Waals surface area (Å²) in [6.45, 7) is 0.979. The van der Waals surface area contributed by atoms with Gasteiger partial charge < -0.3 is 25.8 Å². The number of aliphatic hydroxyl groups is 3. The standard InChI is InChI=1S/C12H16N4O4/c1-11(4-17)10(18)12(19,5-20-11)8-3-2-7-9(13)14-6-15-16(7)8/h2-3,6,10,17-19H,4-5H2,1H3,(H2,13,14,15)/t10-,11-,12-/m1/s1. The molecule has 8 heteroatoms. The van der Waals surface area contributed by atoms with Gasteiger partial charge in [-0.2, -0.15) is 5.10 Å². The molecule has 0 radical (unpaired) electrons. The molecule has 2 aromatic heterocycles. The second kappa shape index (κ2) is 4.13. The van der Waals surface area contributed by atoms with Crippen LogP contribution < -0.4 is 5.73 Å². The summed E-state index contributed by atoms with van der Waals surface area (Å²) in [6.07, 6.45) is -0.0305. The van der Waals surface area contributed by atoms with Crippen molar-refractivity contribution in [1.29, 1.82) is 0 Å². The lowest BCUT2D eigenvalue weighted by Gasteiger charge is -2.30. The van der Waals surface area contributed by atoms with Crippen molar-refractivity contribution >= 4 is 11.3 Å². The average molecular weight is 280 g/mol. The predicted molar refractivity (Wildman–Crippen MR) is 68.7 cm³/mol. The summed E-state index contributed by atoms with van der Waals surface area (Å²) in [5, 5.41) is 34.5. The molecule has 1 aliphatic rings. The van der Waals surface area contributed by atoms with Gasteiger partial charge in [0.2, 0.25) is 0 Å². The molecule has 2 aromatic rings. The summed E-state index contributed by atoms with van der Waals surface area (Å²) < 4.78 is 6.80. The molecule has 0 spiro atoms. The van der Waals surface area contributed by atoms with Gasteiger partial charge in [0.1, 0.15) is 23.5 Å². The Labute approximate surface area is 114 Å². The molecule has 1 fully saturated rings. The fourth-order valence-electron chi connectivity index (χ4n) is 2.56. The molecule has 0 aromatic carbocycles. The Hall–Kier alpha value is -1.74. The molecule has 0 aliphatic carbocycles. The van der Waals surface area contributed by atoms with Crippen molar-refractivity contribution in [3.63, 3.8) is 0 Å². The predicted octanol–water partition coefficient (Wildman–Crippen LogP) is -1.36. The van der Waals surface area contributed by atoms with Crippen LogP contribution in [0.15, 0.2) is 18.5 Å². The van der Waals surface area contributed by atoms with Crippen LogP contribution in [-0.2, 0) is 10.3 Å². The van der Waals surface area contributed by atoms with E-state index in [1.165, 1.54) is 17.8 Å². The second-order valence-electron chi connectivity index (χ2n) is 5.25. The van der Waals surface area contributed by atoms with Gasteiger partial charge in [-0.05, 0) is 19.1 Å². The van der Waals surface area contributed by atoms with Gasteiger partial charge in [0, 0.05) is 0 Å². The molecule has 1 saturated heterocycles. The molecule has 8 nitrogen and oxygen atoms in total. The summed E-state index contributed by atoms with van der Waals surface area (Å²) in [6, 6.07) is 3.26. The number of fused-ring (bicyclic) bond motifs is 1. The summed E-state index contributed by atoms with van der Waals surface area (Å²) in [5.74, 6) is 0.271. The van der Waals surface area contributed by atoms with Gasteiger partial charge in [0.25, 0.3) is 0 Å². The first-order chi connectivity index (χ1) is 9.42. The number of rotatable bonds is 2. The minimum Gasteiger partial charge on any atom is -0.393 e. The van der Waals surface area contributed by atoms with E-state index in [0.29, 0.717) is 11.2 Å². The highest BCUT2D eigenvalue weighted by molar-refractivity contribution is 5.65. The Kier molecular flexibility index (Phi) is 2.73. The fraction of sp³-hybridized carbons (Fsp3) is 0.500. The van der Waals surface area contributed by atoms with Crippen molar-refractivity contribution in [3.05, 3.63) is 24.2 Å². The summed E-state index contributed by atoms with van der Waals surface area (Å²) >= 11 is 0. The highest BCUT2D eigenvalue weighted by Gasteiger charge is 2.57. The minimum absolute atomic E-state index is 0.152. The molecule has 108 valence electrons. The Bertz CT molecular complexity index is 660. The van der Waals surface area contributed by atoms with Crippen LogP contribution in [-0.4, -0.2) is 54.8 Å². The van der Waals surface area contributed by atoms with Crippen molar-refractivity contribution in [1.82, 2.24) is 14.6 Å². The van der Waals surface area contributed by atoms with Crippen molar-refractivity contribution < 1.29 is 20.1 Å². The molecule has 5 N–H and O–H groups in total. The topological polar surface area (TPSA) is 126 Å². The number of aromatic nitrogens is 3. The first-order valence-corrected chi connectivity index (χ1v) is 6.16. The third-order valence-corrected chi connectivity index (χ3v) is 3.89. The number of ether oxygens (including phenoxy) is 1. The van der Waals surface area contributed by atoms with E-state index in [1.54, 1.807) is 12.1 Å². The number of hydrogen-bond donors (Lipinski definition) is 4. The molecule has 3 atom stereocenters. The van der Waals surface area contributed by atoms with E-state index < -0.39 is 23.9 Å². The van der Waals surface area contributed by atoms with Crippen LogP contribution >= 0.6 is 0 Å². The van der Waals surface area contributed by atoms with Gasteiger partial charge in [-0.1, -0.05) is 0 Å². The van der Waals surface area contributed by atoms with E-state index in [1.807, 2.05) is 0 Å². The quantitative estimate of drug-likeness (QED) is 0.535. The largest absolute Gasteiger partial charge is 0.393 e. The molecule has 0 unspecified atom stereocenters. The highest BCUT2D eigenvalue weighted by atomic mass is 16.6. The monoisotopic (exact) mass is 280 g/mol. The van der Waals surface area contributed by atoms with Crippen LogP contribution in [0, 0.1) is 0 Å². The van der Waals surface area contributed by atoms with Crippen LogP contribution in [0.4, 0.5) is 5.82 Å². The number of nitrogen functional groups attached to an aromatic ring is 1. The Morgan fingerprint density at radius 1 is 1.55 bits per heavy atom. The van der Waals surface area contributed by atoms with E-state index in [-0.39, 0.29) is 12.4 Å². The van der Waals surface area contributed by atoms with Crippen molar-refractivity contribution in [2.75, 3.05) is 18.9 Å². The minimum atomic E-state index is -1.68. The number of nitrogens with two attached hydrogens (primary N) is 1. The maximum Gasteiger partial charge on any atom is 0.158 e. The molecule has 3 heterocycles. The molecule has 20 heavy (non-hydrogen) atoms. The van der Waals surface area contributed by atoms with Crippen molar-refractivity contribution in [3.8, 4) is 0 Å². The first-order valence-electron chi connectivity index (χ1n) is 6.16. The normalized spacial score (nSPS) is 33.9. The second-order valence-corrected chi connectivity index (χ2v) is 5.25. The van der Waals surface area contributed by atoms with E-state index in [4.69, 9.17) is 10.5 Å². The lowest BCUT2D eigenvalue weighted by Crippen LogP contribution is -2.49. The zero-order valence-corrected chi connectivity index (χ0v) is 10.9. The molecule has 3 rings (SSSR count). The molecule has 0 amide bonds. The van der Waals surface area contributed by atoms with Crippen LogP contribution in [0.3, 0.4) is 0 Å². The molecule has 0 bridgehead atoms. The summed E-state index contributed by atoms with van der Waals surface area (Å²) in [4.78, 5) is 3.86. The summed E-state index contributed by atoms with van der Waals surface area (Å²) in [7, 11) is 0. The average Bonchev–Trinajstić information content (AvgIpc) is 2.97. The van der Waals surface area contributed by atoms with Crippen LogP contribution in [0.1, 0.15) is 12.6 Å². The fourth-order valence-corrected chi connectivity index (χ4v) is 2.56. The van der Waals surface area contributed by atoms with Crippen molar-refractivity contribution in [2.24, 2.45) is 0 Å². The Balaban J connectivity index is 2.14. The zero-order chi connectivity index (χ0) is 14.5. The smallest absolute Gasteiger partial charge is 0.158 e. The molecular formula is C12H16N4O4. The van der Waals surface area contributed by atoms with Crippen LogP contribution in [0.2, 0.25) is 0 Å². The third kappa shape index (κ3) is 1.56. The maximum absolute atomic E-state index is 10.8. The van der Waals surface area contributed by atoms with E-state index in [9.17, 15) is 15.3 Å². The molecule has 1 aliphatic heterocycles. The van der Waals surface area contributed by atoms with E-state index >= 15 is 0 Å². The van der Waals surface area contributed by atoms with Gasteiger partial charge in [-0.3, -0.25) is 0 Å². The first kappa shape index (κ1) is 13.3. The molecular weight excluding hydrogens is 264 g/mol. The lowest BCUT2D eigenvalue weighted by molar-refractivity contribution is -0.100. The highest BCUT2D eigenvalue weighted by Crippen LogP contribution is 2.40. The number of aliphatic hydroxyl groups excluding tert-OH is 2. The van der Waals surface area contributed by atoms with E-state index in [2.05, 4.69) is 10.1 Å². The Morgan fingerprint density at radius 3 is 2.95 bits per heavy atom.